The first kappa shape index (κ1) is 22.7. The van der Waals surface area contributed by atoms with Gasteiger partial charge in [-0.3, -0.25) is 9.59 Å². The molecular weight excluding hydrogens is 412 g/mol. The molecule has 164 valence electrons. The molecule has 0 bridgehead atoms. The van der Waals surface area contributed by atoms with Crippen LogP contribution in [-0.2, 0) is 4.79 Å². The van der Waals surface area contributed by atoms with Gasteiger partial charge in [-0.2, -0.15) is 11.8 Å². The predicted molar refractivity (Wildman–Crippen MR) is 124 cm³/mol. The standard InChI is InChI=1S/C23H28N4O3S/c1-15-5-3-4-6-18(15)20(26-23(24)30)14-21(28)25-19-8-7-17(13-16(19)2)22(29)27-9-11-31-12-10-27/h3-8,13,20H,9-12,14H2,1-2H3,(H,25,28)(H3,24,26,30). The molecular formula is C23H28N4O3S. The molecule has 0 aromatic heterocycles. The topological polar surface area (TPSA) is 105 Å². The quantitative estimate of drug-likeness (QED) is 0.641. The zero-order chi connectivity index (χ0) is 22.4. The third-order valence-electron chi connectivity index (χ3n) is 5.32. The Hall–Kier alpha value is -3.00. The average molecular weight is 441 g/mol. The van der Waals surface area contributed by atoms with Crippen LogP contribution in [0.2, 0.25) is 0 Å². The Balaban J connectivity index is 1.69. The van der Waals surface area contributed by atoms with Gasteiger partial charge in [-0.15, -0.1) is 0 Å². The molecule has 1 aliphatic rings. The lowest BCUT2D eigenvalue weighted by atomic mass is 9.98. The highest BCUT2D eigenvalue weighted by atomic mass is 32.2. The van der Waals surface area contributed by atoms with Gasteiger partial charge in [0.25, 0.3) is 5.91 Å². The predicted octanol–water partition coefficient (Wildman–Crippen LogP) is 3.23. The number of urea groups is 1. The number of carbonyl (C=O) groups is 3. The molecule has 1 fully saturated rings. The van der Waals surface area contributed by atoms with E-state index >= 15 is 0 Å². The molecule has 1 atom stereocenters. The lowest BCUT2D eigenvalue weighted by molar-refractivity contribution is -0.116. The molecule has 2 aromatic rings. The minimum Gasteiger partial charge on any atom is -0.352 e. The molecule has 31 heavy (non-hydrogen) atoms. The van der Waals surface area contributed by atoms with Crippen LogP contribution in [0, 0.1) is 13.8 Å². The summed E-state index contributed by atoms with van der Waals surface area (Å²) in [6, 6.07) is 11.6. The van der Waals surface area contributed by atoms with Crippen LogP contribution in [0.15, 0.2) is 42.5 Å². The number of amides is 4. The van der Waals surface area contributed by atoms with E-state index in [4.69, 9.17) is 5.73 Å². The fourth-order valence-electron chi connectivity index (χ4n) is 3.66. The Morgan fingerprint density at radius 2 is 1.77 bits per heavy atom. The van der Waals surface area contributed by atoms with E-state index in [0.29, 0.717) is 11.3 Å². The van der Waals surface area contributed by atoms with Gasteiger partial charge >= 0.3 is 6.03 Å². The summed E-state index contributed by atoms with van der Waals surface area (Å²) in [7, 11) is 0. The number of primary amides is 1. The van der Waals surface area contributed by atoms with Crippen molar-refractivity contribution in [3.63, 3.8) is 0 Å². The Morgan fingerprint density at radius 3 is 2.42 bits per heavy atom. The van der Waals surface area contributed by atoms with E-state index in [0.717, 1.165) is 41.3 Å². The van der Waals surface area contributed by atoms with E-state index < -0.39 is 12.1 Å². The Labute approximate surface area is 186 Å². The Kier molecular flexibility index (Phi) is 7.57. The second kappa shape index (κ2) is 10.3. The van der Waals surface area contributed by atoms with Crippen LogP contribution in [0.5, 0.6) is 0 Å². The number of nitrogens with one attached hydrogen (secondary N) is 2. The highest BCUT2D eigenvalue weighted by molar-refractivity contribution is 7.99. The van der Waals surface area contributed by atoms with Crippen molar-refractivity contribution in [1.82, 2.24) is 10.2 Å². The fraction of sp³-hybridized carbons (Fsp3) is 0.348. The largest absolute Gasteiger partial charge is 0.352 e. The summed E-state index contributed by atoms with van der Waals surface area (Å²) < 4.78 is 0. The lowest BCUT2D eigenvalue weighted by Gasteiger charge is -2.26. The van der Waals surface area contributed by atoms with Gasteiger partial charge in [-0.05, 0) is 48.7 Å². The van der Waals surface area contributed by atoms with Gasteiger partial charge in [0.1, 0.15) is 0 Å². The van der Waals surface area contributed by atoms with Gasteiger partial charge < -0.3 is 21.3 Å². The molecule has 2 aromatic carbocycles. The lowest BCUT2D eigenvalue weighted by Crippen LogP contribution is -2.37. The van der Waals surface area contributed by atoms with Crippen LogP contribution in [-0.4, -0.2) is 47.3 Å². The number of nitrogens with two attached hydrogens (primary N) is 1. The van der Waals surface area contributed by atoms with Gasteiger partial charge in [-0.1, -0.05) is 24.3 Å². The van der Waals surface area contributed by atoms with Gasteiger partial charge in [0.2, 0.25) is 5.91 Å². The number of thioether (sulfide) groups is 1. The highest BCUT2D eigenvalue weighted by Gasteiger charge is 2.21. The summed E-state index contributed by atoms with van der Waals surface area (Å²) in [4.78, 5) is 38.8. The molecule has 4 amide bonds. The van der Waals surface area contributed by atoms with Gasteiger partial charge in [0.15, 0.2) is 0 Å². The van der Waals surface area contributed by atoms with Gasteiger partial charge in [0.05, 0.1) is 12.5 Å². The SMILES string of the molecule is Cc1cc(C(=O)N2CCSCC2)ccc1NC(=O)CC(NC(N)=O)c1ccccc1C. The molecule has 4 N–H and O–H groups in total. The molecule has 3 rings (SSSR count). The molecule has 0 radical (unpaired) electrons. The molecule has 0 spiro atoms. The number of hydrogen-bond acceptors (Lipinski definition) is 4. The van der Waals surface area contributed by atoms with Crippen molar-refractivity contribution in [2.24, 2.45) is 5.73 Å². The highest BCUT2D eigenvalue weighted by Crippen LogP contribution is 2.23. The first-order valence-electron chi connectivity index (χ1n) is 10.2. The summed E-state index contributed by atoms with van der Waals surface area (Å²) in [5, 5.41) is 5.54. The van der Waals surface area contributed by atoms with Gasteiger partial charge in [0, 0.05) is 35.8 Å². The summed E-state index contributed by atoms with van der Waals surface area (Å²) in [6.07, 6.45) is 0.0410. The second-order valence-electron chi connectivity index (χ2n) is 7.60. The van der Waals surface area contributed by atoms with Crippen molar-refractivity contribution in [2.45, 2.75) is 26.3 Å². The van der Waals surface area contributed by atoms with Crippen LogP contribution in [0.25, 0.3) is 0 Å². The van der Waals surface area contributed by atoms with Crippen LogP contribution in [0.4, 0.5) is 10.5 Å². The maximum atomic E-state index is 12.7. The smallest absolute Gasteiger partial charge is 0.312 e. The van der Waals surface area contributed by atoms with E-state index in [9.17, 15) is 14.4 Å². The van der Waals surface area contributed by atoms with Crippen molar-refractivity contribution < 1.29 is 14.4 Å². The van der Waals surface area contributed by atoms with E-state index in [1.54, 1.807) is 18.2 Å². The van der Waals surface area contributed by atoms with Crippen LogP contribution >= 0.6 is 11.8 Å². The van der Waals surface area contributed by atoms with E-state index in [2.05, 4.69) is 10.6 Å². The third kappa shape index (κ3) is 6.01. The number of benzene rings is 2. The molecule has 8 heteroatoms. The van der Waals surface area contributed by atoms with Crippen molar-refractivity contribution in [3.05, 3.63) is 64.7 Å². The maximum Gasteiger partial charge on any atom is 0.312 e. The van der Waals surface area contributed by atoms with E-state index in [-0.39, 0.29) is 18.2 Å². The normalized spacial score (nSPS) is 14.6. The second-order valence-corrected chi connectivity index (χ2v) is 8.83. The molecule has 0 saturated carbocycles. The summed E-state index contributed by atoms with van der Waals surface area (Å²) in [6.45, 7) is 5.30. The molecule has 1 heterocycles. The molecule has 1 saturated heterocycles. The Bertz CT molecular complexity index is 973. The minimum absolute atomic E-state index is 0.0200. The third-order valence-corrected chi connectivity index (χ3v) is 6.26. The van der Waals surface area contributed by atoms with Gasteiger partial charge in [-0.25, -0.2) is 4.79 Å². The van der Waals surface area contributed by atoms with E-state index in [1.165, 1.54) is 0 Å². The first-order valence-corrected chi connectivity index (χ1v) is 11.4. The summed E-state index contributed by atoms with van der Waals surface area (Å²) in [5.41, 5.74) is 9.19. The van der Waals surface area contributed by atoms with Crippen molar-refractivity contribution >= 4 is 35.3 Å². The Morgan fingerprint density at radius 1 is 1.06 bits per heavy atom. The van der Waals surface area contributed by atoms with Crippen molar-refractivity contribution in [3.8, 4) is 0 Å². The number of anilines is 1. The first-order chi connectivity index (χ1) is 14.8. The average Bonchev–Trinajstić information content (AvgIpc) is 2.75. The summed E-state index contributed by atoms with van der Waals surface area (Å²) >= 11 is 1.86. The zero-order valence-corrected chi connectivity index (χ0v) is 18.6. The monoisotopic (exact) mass is 440 g/mol. The molecule has 7 nitrogen and oxygen atoms in total. The molecule has 1 unspecified atom stereocenters. The van der Waals surface area contributed by atoms with Crippen molar-refractivity contribution in [1.29, 1.82) is 0 Å². The minimum atomic E-state index is -0.684. The van der Waals surface area contributed by atoms with Crippen LogP contribution < -0.4 is 16.4 Å². The summed E-state index contributed by atoms with van der Waals surface area (Å²) in [5.74, 6) is 1.68. The fourth-order valence-corrected chi connectivity index (χ4v) is 4.56. The van der Waals surface area contributed by atoms with Crippen LogP contribution in [0.1, 0.15) is 39.5 Å². The van der Waals surface area contributed by atoms with Crippen molar-refractivity contribution in [2.75, 3.05) is 29.9 Å². The van der Waals surface area contributed by atoms with E-state index in [1.807, 2.05) is 54.8 Å². The number of nitrogens with zero attached hydrogens (tertiary/aromatic N) is 1. The molecule has 0 aliphatic carbocycles. The molecule has 1 aliphatic heterocycles. The number of hydrogen-bond donors (Lipinski definition) is 3. The number of aryl methyl sites for hydroxylation is 2. The maximum absolute atomic E-state index is 12.7. The number of carbonyl (C=O) groups excluding carboxylic acids is 3. The van der Waals surface area contributed by atoms with Crippen LogP contribution in [0.3, 0.4) is 0 Å². The number of rotatable bonds is 6. The zero-order valence-electron chi connectivity index (χ0n) is 17.8.